The first kappa shape index (κ1) is 14.7. The maximum atomic E-state index is 2.18. The van der Waals surface area contributed by atoms with Gasteiger partial charge in [-0.15, -0.1) is 0 Å². The van der Waals surface area contributed by atoms with Crippen LogP contribution in [0, 0.1) is 27.7 Å². The zero-order valence-corrected chi connectivity index (χ0v) is 9.15. The molecule has 0 unspecified atom stereocenters. The molecule has 0 fully saturated rings. The molecule has 13 heavy (non-hydrogen) atoms. The van der Waals surface area contributed by atoms with Crippen molar-refractivity contribution in [3.05, 3.63) is 34.4 Å². The third-order valence-corrected chi connectivity index (χ3v) is 2.33. The molecule has 0 aliphatic rings. The van der Waals surface area contributed by atoms with Gasteiger partial charge in [0, 0.05) is 0 Å². The standard InChI is InChI=1S/C10H14.C2H6.CH4/c1-7-5-6-8(2)10(4)9(7)3;1-2;/h5-6H,1-4H3;1-2H3;1H4. The second kappa shape index (κ2) is 6.71. The Morgan fingerprint density at radius 1 is 0.692 bits per heavy atom. The summed E-state index contributed by atoms with van der Waals surface area (Å²) < 4.78 is 0. The molecule has 0 saturated carbocycles. The summed E-state index contributed by atoms with van der Waals surface area (Å²) in [4.78, 5) is 0. The lowest BCUT2D eigenvalue weighted by Gasteiger charge is -2.06. The molecular formula is C13H24. The number of benzene rings is 1. The van der Waals surface area contributed by atoms with Gasteiger partial charge in [0.2, 0.25) is 0 Å². The van der Waals surface area contributed by atoms with Crippen molar-refractivity contribution in [2.45, 2.75) is 49.0 Å². The van der Waals surface area contributed by atoms with E-state index in [0.29, 0.717) is 0 Å². The molecule has 0 aliphatic carbocycles. The zero-order chi connectivity index (χ0) is 9.72. The van der Waals surface area contributed by atoms with Gasteiger partial charge in [-0.05, 0) is 49.9 Å². The first-order valence-corrected chi connectivity index (χ1v) is 4.66. The van der Waals surface area contributed by atoms with Gasteiger partial charge in [0.1, 0.15) is 0 Å². The van der Waals surface area contributed by atoms with Crippen molar-refractivity contribution < 1.29 is 0 Å². The van der Waals surface area contributed by atoms with E-state index in [2.05, 4.69) is 39.8 Å². The Kier molecular flexibility index (Phi) is 7.60. The van der Waals surface area contributed by atoms with Crippen LogP contribution in [0.2, 0.25) is 0 Å². The molecule has 0 heterocycles. The summed E-state index contributed by atoms with van der Waals surface area (Å²) >= 11 is 0. The van der Waals surface area contributed by atoms with Gasteiger partial charge < -0.3 is 0 Å². The lowest BCUT2D eigenvalue weighted by molar-refractivity contribution is 1.22. The number of hydrogen-bond acceptors (Lipinski definition) is 0. The molecule has 0 nitrogen and oxygen atoms in total. The highest BCUT2D eigenvalue weighted by Gasteiger charge is 1.97. The number of hydrogen-bond donors (Lipinski definition) is 0. The van der Waals surface area contributed by atoms with E-state index in [1.54, 1.807) is 0 Å². The molecule has 76 valence electrons. The predicted octanol–water partition coefficient (Wildman–Crippen LogP) is 4.58. The van der Waals surface area contributed by atoms with Crippen LogP contribution in [0.5, 0.6) is 0 Å². The lowest BCUT2D eigenvalue weighted by atomic mass is 10.0. The van der Waals surface area contributed by atoms with Gasteiger partial charge in [0.25, 0.3) is 0 Å². The van der Waals surface area contributed by atoms with Crippen molar-refractivity contribution >= 4 is 0 Å². The average molecular weight is 180 g/mol. The Morgan fingerprint density at radius 3 is 1.15 bits per heavy atom. The zero-order valence-electron chi connectivity index (χ0n) is 9.15. The van der Waals surface area contributed by atoms with Crippen molar-refractivity contribution in [3.8, 4) is 0 Å². The summed E-state index contributed by atoms with van der Waals surface area (Å²) in [5.74, 6) is 0. The molecule has 0 bridgehead atoms. The van der Waals surface area contributed by atoms with Crippen LogP contribution < -0.4 is 0 Å². The molecule has 0 aromatic heterocycles. The molecule has 0 heteroatoms. The molecule has 0 spiro atoms. The highest BCUT2D eigenvalue weighted by molar-refractivity contribution is 5.37. The van der Waals surface area contributed by atoms with Gasteiger partial charge >= 0.3 is 0 Å². The van der Waals surface area contributed by atoms with Crippen molar-refractivity contribution in [2.24, 2.45) is 0 Å². The highest BCUT2D eigenvalue weighted by Crippen LogP contribution is 2.15. The van der Waals surface area contributed by atoms with E-state index >= 15 is 0 Å². The Labute approximate surface area is 84.0 Å². The monoisotopic (exact) mass is 180 g/mol. The molecule has 0 N–H and O–H groups in total. The number of aryl methyl sites for hydroxylation is 2. The predicted molar refractivity (Wildman–Crippen MR) is 63.5 cm³/mol. The van der Waals surface area contributed by atoms with Crippen molar-refractivity contribution in [1.82, 2.24) is 0 Å². The van der Waals surface area contributed by atoms with Gasteiger partial charge in [0.15, 0.2) is 0 Å². The topological polar surface area (TPSA) is 0 Å². The fourth-order valence-electron chi connectivity index (χ4n) is 1.09. The maximum Gasteiger partial charge on any atom is -0.0392 e. The van der Waals surface area contributed by atoms with Crippen LogP contribution in [-0.4, -0.2) is 0 Å². The van der Waals surface area contributed by atoms with Crippen LogP contribution in [0.4, 0.5) is 0 Å². The molecule has 1 aromatic rings. The van der Waals surface area contributed by atoms with Crippen LogP contribution in [0.15, 0.2) is 12.1 Å². The van der Waals surface area contributed by atoms with Crippen molar-refractivity contribution in [3.63, 3.8) is 0 Å². The Morgan fingerprint density at radius 2 is 0.923 bits per heavy atom. The smallest absolute Gasteiger partial charge is 0.0392 e. The van der Waals surface area contributed by atoms with E-state index < -0.39 is 0 Å². The molecule has 1 aromatic carbocycles. The largest absolute Gasteiger partial charge is 0.0776 e. The average Bonchev–Trinajstić information content (AvgIpc) is 2.12. The fourth-order valence-corrected chi connectivity index (χ4v) is 1.09. The minimum absolute atomic E-state index is 0. The van der Waals surface area contributed by atoms with E-state index in [1.165, 1.54) is 22.3 Å². The molecule has 0 aliphatic heterocycles. The maximum absolute atomic E-state index is 2.18. The first-order chi connectivity index (χ1) is 5.63. The molecule has 0 radical (unpaired) electrons. The van der Waals surface area contributed by atoms with Gasteiger partial charge in [-0.2, -0.15) is 0 Å². The van der Waals surface area contributed by atoms with Crippen LogP contribution in [0.3, 0.4) is 0 Å². The van der Waals surface area contributed by atoms with Gasteiger partial charge in [-0.3, -0.25) is 0 Å². The quantitative estimate of drug-likeness (QED) is 0.548. The third-order valence-electron chi connectivity index (χ3n) is 2.33. The summed E-state index contributed by atoms with van der Waals surface area (Å²) in [5, 5.41) is 0. The minimum Gasteiger partial charge on any atom is -0.0776 e. The lowest BCUT2D eigenvalue weighted by Crippen LogP contribution is -1.88. The summed E-state index contributed by atoms with van der Waals surface area (Å²) in [5.41, 5.74) is 5.64. The highest BCUT2D eigenvalue weighted by atomic mass is 14.0. The SMILES string of the molecule is C.CC.Cc1ccc(C)c(C)c1C. The summed E-state index contributed by atoms with van der Waals surface area (Å²) in [6.07, 6.45) is 0. The second-order valence-corrected chi connectivity index (χ2v) is 2.95. The fraction of sp³-hybridized carbons (Fsp3) is 0.538. The van der Waals surface area contributed by atoms with Crippen LogP contribution in [0.25, 0.3) is 0 Å². The van der Waals surface area contributed by atoms with Crippen molar-refractivity contribution in [2.75, 3.05) is 0 Å². The van der Waals surface area contributed by atoms with Crippen LogP contribution in [0.1, 0.15) is 43.5 Å². The van der Waals surface area contributed by atoms with Gasteiger partial charge in [-0.25, -0.2) is 0 Å². The molecule has 0 atom stereocenters. The first-order valence-electron chi connectivity index (χ1n) is 4.66. The van der Waals surface area contributed by atoms with Crippen LogP contribution >= 0.6 is 0 Å². The Balaban J connectivity index is 0. The summed E-state index contributed by atoms with van der Waals surface area (Å²) in [6, 6.07) is 4.36. The summed E-state index contributed by atoms with van der Waals surface area (Å²) in [7, 11) is 0. The van der Waals surface area contributed by atoms with Crippen LogP contribution in [-0.2, 0) is 0 Å². The molecular weight excluding hydrogens is 156 g/mol. The molecule has 1 rings (SSSR count). The normalized spacial score (nSPS) is 8.15. The molecule has 0 amide bonds. The van der Waals surface area contributed by atoms with Gasteiger partial charge in [-0.1, -0.05) is 33.4 Å². The summed E-state index contributed by atoms with van der Waals surface area (Å²) in [6.45, 7) is 12.7. The van der Waals surface area contributed by atoms with E-state index in [4.69, 9.17) is 0 Å². The van der Waals surface area contributed by atoms with Gasteiger partial charge in [0.05, 0.1) is 0 Å². The van der Waals surface area contributed by atoms with E-state index in [0.717, 1.165) is 0 Å². The van der Waals surface area contributed by atoms with E-state index in [9.17, 15) is 0 Å². The Bertz CT molecular complexity index is 219. The van der Waals surface area contributed by atoms with E-state index in [1.807, 2.05) is 13.8 Å². The third kappa shape index (κ3) is 3.63. The van der Waals surface area contributed by atoms with Crippen molar-refractivity contribution in [1.29, 1.82) is 0 Å². The number of rotatable bonds is 0. The minimum atomic E-state index is 0. The van der Waals surface area contributed by atoms with E-state index in [-0.39, 0.29) is 7.43 Å². The second-order valence-electron chi connectivity index (χ2n) is 2.95. The Hall–Kier alpha value is -0.780. The molecule has 0 saturated heterocycles.